The minimum absolute atomic E-state index is 0.00359. The standard InChI is InChI=1S/C13H24N2O3/c1-5-18-11(16)9-15-7-6-13(2,3)8-10(14-4)12(15)17/h10,14H,5-9H2,1-4H3. The van der Waals surface area contributed by atoms with E-state index >= 15 is 0 Å². The van der Waals surface area contributed by atoms with Crippen molar-refractivity contribution in [2.45, 2.75) is 39.7 Å². The van der Waals surface area contributed by atoms with E-state index in [1.807, 2.05) is 0 Å². The molecule has 1 aliphatic heterocycles. The molecule has 104 valence electrons. The molecular weight excluding hydrogens is 232 g/mol. The first-order valence-electron chi connectivity index (χ1n) is 6.51. The van der Waals surface area contributed by atoms with E-state index in [1.165, 1.54) is 0 Å². The summed E-state index contributed by atoms with van der Waals surface area (Å²) >= 11 is 0. The Hall–Kier alpha value is -1.10. The molecule has 1 amide bonds. The third kappa shape index (κ3) is 3.98. The van der Waals surface area contributed by atoms with Gasteiger partial charge in [0.25, 0.3) is 0 Å². The number of ether oxygens (including phenoxy) is 1. The third-order valence-corrected chi connectivity index (χ3v) is 3.40. The Morgan fingerprint density at radius 2 is 2.22 bits per heavy atom. The summed E-state index contributed by atoms with van der Waals surface area (Å²) in [6.07, 6.45) is 1.69. The second kappa shape index (κ2) is 6.18. The second-order valence-electron chi connectivity index (χ2n) is 5.52. The van der Waals surface area contributed by atoms with Gasteiger partial charge in [-0.15, -0.1) is 0 Å². The zero-order valence-electron chi connectivity index (χ0n) is 11.8. The van der Waals surface area contributed by atoms with Crippen molar-refractivity contribution in [1.82, 2.24) is 10.2 Å². The fourth-order valence-electron chi connectivity index (χ4n) is 2.26. The number of amides is 1. The van der Waals surface area contributed by atoms with Crippen LogP contribution in [0.3, 0.4) is 0 Å². The SMILES string of the molecule is CCOC(=O)CN1CCC(C)(C)CC(NC)C1=O. The molecule has 1 saturated heterocycles. The van der Waals surface area contributed by atoms with Crippen molar-refractivity contribution < 1.29 is 14.3 Å². The van der Waals surface area contributed by atoms with Crippen molar-refractivity contribution in [3.63, 3.8) is 0 Å². The number of likely N-dealkylation sites (N-methyl/N-ethyl adjacent to an activating group) is 1. The topological polar surface area (TPSA) is 58.6 Å². The Morgan fingerprint density at radius 3 is 2.78 bits per heavy atom. The molecule has 0 bridgehead atoms. The second-order valence-corrected chi connectivity index (χ2v) is 5.52. The van der Waals surface area contributed by atoms with Gasteiger partial charge in [-0.3, -0.25) is 9.59 Å². The van der Waals surface area contributed by atoms with Crippen molar-refractivity contribution in [2.75, 3.05) is 26.7 Å². The van der Waals surface area contributed by atoms with E-state index in [0.29, 0.717) is 13.2 Å². The number of likely N-dealkylation sites (tertiary alicyclic amines) is 1. The molecule has 0 saturated carbocycles. The fraction of sp³-hybridized carbons (Fsp3) is 0.846. The molecule has 18 heavy (non-hydrogen) atoms. The molecular formula is C13H24N2O3. The average molecular weight is 256 g/mol. The highest BCUT2D eigenvalue weighted by atomic mass is 16.5. The minimum Gasteiger partial charge on any atom is -0.465 e. The lowest BCUT2D eigenvalue weighted by molar-refractivity contribution is -0.149. The van der Waals surface area contributed by atoms with E-state index in [9.17, 15) is 9.59 Å². The van der Waals surface area contributed by atoms with Crippen LogP contribution in [0.15, 0.2) is 0 Å². The fourth-order valence-corrected chi connectivity index (χ4v) is 2.26. The Balaban J connectivity index is 2.73. The number of carbonyl (C=O) groups is 2. The Kier molecular flexibility index (Phi) is 5.14. The Bertz CT molecular complexity index is 315. The largest absolute Gasteiger partial charge is 0.465 e. The van der Waals surface area contributed by atoms with Crippen molar-refractivity contribution in [1.29, 1.82) is 0 Å². The summed E-state index contributed by atoms with van der Waals surface area (Å²) in [5, 5.41) is 3.04. The Labute approximate surface area is 109 Å². The van der Waals surface area contributed by atoms with Crippen LogP contribution in [-0.2, 0) is 14.3 Å². The van der Waals surface area contributed by atoms with Crippen molar-refractivity contribution in [3.05, 3.63) is 0 Å². The molecule has 0 aromatic heterocycles. The van der Waals surface area contributed by atoms with Crippen LogP contribution in [0.5, 0.6) is 0 Å². The van der Waals surface area contributed by atoms with Gasteiger partial charge in [0.1, 0.15) is 6.54 Å². The molecule has 0 aliphatic carbocycles. The number of esters is 1. The van der Waals surface area contributed by atoms with Crippen molar-refractivity contribution >= 4 is 11.9 Å². The monoisotopic (exact) mass is 256 g/mol. The van der Waals surface area contributed by atoms with Gasteiger partial charge in [0.15, 0.2) is 0 Å². The summed E-state index contributed by atoms with van der Waals surface area (Å²) in [7, 11) is 1.78. The number of rotatable bonds is 4. The molecule has 1 aliphatic rings. The highest BCUT2D eigenvalue weighted by molar-refractivity contribution is 5.86. The van der Waals surface area contributed by atoms with E-state index in [2.05, 4.69) is 19.2 Å². The molecule has 1 atom stereocenters. The average Bonchev–Trinajstić information content (AvgIpc) is 2.40. The van der Waals surface area contributed by atoms with E-state index in [4.69, 9.17) is 4.74 Å². The molecule has 5 heteroatoms. The van der Waals surface area contributed by atoms with Gasteiger partial charge in [0, 0.05) is 6.54 Å². The predicted molar refractivity (Wildman–Crippen MR) is 69.1 cm³/mol. The van der Waals surface area contributed by atoms with Gasteiger partial charge >= 0.3 is 5.97 Å². The quantitative estimate of drug-likeness (QED) is 0.755. The summed E-state index contributed by atoms with van der Waals surface area (Å²) in [5.41, 5.74) is 0.104. The zero-order valence-corrected chi connectivity index (χ0v) is 11.8. The maximum atomic E-state index is 12.3. The van der Waals surface area contributed by atoms with E-state index in [-0.39, 0.29) is 29.9 Å². The number of nitrogens with one attached hydrogen (secondary N) is 1. The van der Waals surface area contributed by atoms with Crippen LogP contribution in [0.4, 0.5) is 0 Å². The minimum atomic E-state index is -0.333. The Morgan fingerprint density at radius 1 is 1.56 bits per heavy atom. The van der Waals surface area contributed by atoms with E-state index < -0.39 is 0 Å². The maximum Gasteiger partial charge on any atom is 0.325 e. The van der Waals surface area contributed by atoms with Crippen LogP contribution >= 0.6 is 0 Å². The summed E-state index contributed by atoms with van der Waals surface area (Å²) in [5.74, 6) is -0.337. The zero-order chi connectivity index (χ0) is 13.8. The molecule has 1 fully saturated rings. The van der Waals surface area contributed by atoms with Crippen molar-refractivity contribution in [2.24, 2.45) is 5.41 Å². The summed E-state index contributed by atoms with van der Waals surface area (Å²) < 4.78 is 4.90. The van der Waals surface area contributed by atoms with Crippen LogP contribution in [-0.4, -0.2) is 49.6 Å². The van der Waals surface area contributed by atoms with Gasteiger partial charge in [-0.2, -0.15) is 0 Å². The molecule has 5 nitrogen and oxygen atoms in total. The highest BCUT2D eigenvalue weighted by Gasteiger charge is 2.35. The highest BCUT2D eigenvalue weighted by Crippen LogP contribution is 2.30. The lowest BCUT2D eigenvalue weighted by atomic mass is 9.83. The first kappa shape index (κ1) is 15.0. The summed E-state index contributed by atoms with van der Waals surface area (Å²) in [6, 6.07) is -0.211. The lowest BCUT2D eigenvalue weighted by Gasteiger charge is -2.24. The van der Waals surface area contributed by atoms with Gasteiger partial charge in [0.05, 0.1) is 12.6 Å². The van der Waals surface area contributed by atoms with Gasteiger partial charge < -0.3 is 15.0 Å². The van der Waals surface area contributed by atoms with Crippen molar-refractivity contribution in [3.8, 4) is 0 Å². The van der Waals surface area contributed by atoms with Gasteiger partial charge in [0.2, 0.25) is 5.91 Å². The molecule has 0 spiro atoms. The summed E-state index contributed by atoms with van der Waals surface area (Å²) in [6.45, 7) is 7.09. The number of carbonyl (C=O) groups excluding carboxylic acids is 2. The first-order valence-corrected chi connectivity index (χ1v) is 6.51. The molecule has 0 aromatic carbocycles. The molecule has 1 N–H and O–H groups in total. The molecule has 1 rings (SSSR count). The van der Waals surface area contributed by atoms with Crippen LogP contribution in [0, 0.1) is 5.41 Å². The molecule has 0 radical (unpaired) electrons. The van der Waals surface area contributed by atoms with Gasteiger partial charge in [-0.1, -0.05) is 13.8 Å². The predicted octanol–water partition coefficient (Wildman–Crippen LogP) is 0.786. The van der Waals surface area contributed by atoms with Crippen LogP contribution in [0.25, 0.3) is 0 Å². The smallest absolute Gasteiger partial charge is 0.325 e. The third-order valence-electron chi connectivity index (χ3n) is 3.40. The van der Waals surface area contributed by atoms with Crippen LogP contribution in [0.1, 0.15) is 33.6 Å². The number of hydrogen-bond donors (Lipinski definition) is 1. The number of nitrogens with zero attached hydrogens (tertiary/aromatic N) is 1. The lowest BCUT2D eigenvalue weighted by Crippen LogP contribution is -2.46. The molecule has 1 unspecified atom stereocenters. The van der Waals surface area contributed by atoms with E-state index in [0.717, 1.165) is 12.8 Å². The molecule has 0 aromatic rings. The van der Waals surface area contributed by atoms with Gasteiger partial charge in [-0.05, 0) is 32.2 Å². The first-order chi connectivity index (χ1) is 8.39. The van der Waals surface area contributed by atoms with Gasteiger partial charge in [-0.25, -0.2) is 0 Å². The van der Waals surface area contributed by atoms with Crippen LogP contribution < -0.4 is 5.32 Å². The summed E-state index contributed by atoms with van der Waals surface area (Å²) in [4.78, 5) is 25.4. The normalized spacial score (nSPS) is 23.7. The molecule has 1 heterocycles. The number of hydrogen-bond acceptors (Lipinski definition) is 4. The maximum absolute atomic E-state index is 12.3. The van der Waals surface area contributed by atoms with Crippen LogP contribution in [0.2, 0.25) is 0 Å². The van der Waals surface area contributed by atoms with E-state index in [1.54, 1.807) is 18.9 Å².